The number of hydrogen-bond acceptors (Lipinski definition) is 4. The van der Waals surface area contributed by atoms with Gasteiger partial charge >= 0.3 is 0 Å². The summed E-state index contributed by atoms with van der Waals surface area (Å²) in [7, 11) is 1.61. The molecule has 1 unspecified atom stereocenters. The Balaban J connectivity index is 2.25. The van der Waals surface area contributed by atoms with Crippen LogP contribution in [0.5, 0.6) is 0 Å². The molecule has 18 heavy (non-hydrogen) atoms. The van der Waals surface area contributed by atoms with Crippen molar-refractivity contribution >= 4 is 28.3 Å². The van der Waals surface area contributed by atoms with Crippen LogP contribution in [0.4, 0.5) is 11.5 Å². The van der Waals surface area contributed by atoms with Crippen molar-refractivity contribution in [2.75, 3.05) is 18.1 Å². The fourth-order valence-corrected chi connectivity index (χ4v) is 1.73. The quantitative estimate of drug-likeness (QED) is 0.712. The highest BCUT2D eigenvalue weighted by Crippen LogP contribution is 2.18. The number of pyridine rings is 1. The van der Waals surface area contributed by atoms with Crippen LogP contribution in [0.1, 0.15) is 6.92 Å². The van der Waals surface area contributed by atoms with Crippen LogP contribution < -0.4 is 16.4 Å². The lowest BCUT2D eigenvalue weighted by Gasteiger charge is -2.13. The lowest BCUT2D eigenvalue weighted by Crippen LogP contribution is -2.35. The highest BCUT2D eigenvalue weighted by atomic mass is 16.2. The normalized spacial score (nSPS) is 12.1. The number of nitrogen functional groups attached to an aromatic ring is 1. The number of rotatable bonds is 3. The van der Waals surface area contributed by atoms with Gasteiger partial charge in [0.25, 0.3) is 0 Å². The highest BCUT2D eigenvalue weighted by molar-refractivity contribution is 5.86. The number of carbonyl (C=O) groups excluding carboxylic acids is 1. The lowest BCUT2D eigenvalue weighted by molar-refractivity contribution is -0.121. The number of amides is 1. The summed E-state index contributed by atoms with van der Waals surface area (Å²) < 4.78 is 0. The Hall–Kier alpha value is -2.30. The van der Waals surface area contributed by atoms with Crippen LogP contribution in [-0.4, -0.2) is 24.0 Å². The van der Waals surface area contributed by atoms with E-state index in [1.807, 2.05) is 24.3 Å². The van der Waals surface area contributed by atoms with Crippen molar-refractivity contribution in [2.45, 2.75) is 13.0 Å². The first-order chi connectivity index (χ1) is 8.60. The number of hydrogen-bond donors (Lipinski definition) is 3. The number of aromatic nitrogens is 1. The van der Waals surface area contributed by atoms with Crippen LogP contribution >= 0.6 is 0 Å². The van der Waals surface area contributed by atoms with E-state index in [9.17, 15) is 4.79 Å². The molecule has 0 spiro atoms. The molecular weight excluding hydrogens is 228 g/mol. The van der Waals surface area contributed by atoms with Gasteiger partial charge in [-0.25, -0.2) is 4.98 Å². The average Bonchev–Trinajstić information content (AvgIpc) is 2.38. The molecule has 94 valence electrons. The Morgan fingerprint density at radius 1 is 1.33 bits per heavy atom. The molecule has 0 aliphatic rings. The second kappa shape index (κ2) is 4.91. The second-order valence-corrected chi connectivity index (χ2v) is 4.13. The molecule has 0 bridgehead atoms. The molecule has 0 fully saturated rings. The topological polar surface area (TPSA) is 80.0 Å². The summed E-state index contributed by atoms with van der Waals surface area (Å²) in [5.41, 5.74) is 7.26. The highest BCUT2D eigenvalue weighted by Gasteiger charge is 2.10. The molecule has 2 rings (SSSR count). The van der Waals surface area contributed by atoms with Crippen LogP contribution in [0.25, 0.3) is 10.9 Å². The Labute approximate surface area is 105 Å². The minimum absolute atomic E-state index is 0.0748. The molecule has 0 saturated heterocycles. The maximum Gasteiger partial charge on any atom is 0.241 e. The zero-order chi connectivity index (χ0) is 13.1. The van der Waals surface area contributed by atoms with Crippen LogP contribution in [-0.2, 0) is 4.79 Å². The summed E-state index contributed by atoms with van der Waals surface area (Å²) >= 11 is 0. The van der Waals surface area contributed by atoms with Gasteiger partial charge in [0, 0.05) is 18.1 Å². The van der Waals surface area contributed by atoms with Crippen molar-refractivity contribution in [3.63, 3.8) is 0 Å². The monoisotopic (exact) mass is 244 g/mol. The van der Waals surface area contributed by atoms with Gasteiger partial charge in [-0.3, -0.25) is 4.79 Å². The summed E-state index contributed by atoms with van der Waals surface area (Å²) in [5.74, 6) is 0.595. The average molecular weight is 244 g/mol. The van der Waals surface area contributed by atoms with Crippen LogP contribution in [0.2, 0.25) is 0 Å². The smallest absolute Gasteiger partial charge is 0.241 e. The van der Waals surface area contributed by atoms with Gasteiger partial charge in [0.2, 0.25) is 5.91 Å². The van der Waals surface area contributed by atoms with Crippen LogP contribution in [0, 0.1) is 0 Å². The fraction of sp³-hybridized carbons (Fsp3) is 0.231. The molecule has 0 saturated carbocycles. The third-order valence-corrected chi connectivity index (χ3v) is 2.72. The summed E-state index contributed by atoms with van der Waals surface area (Å²) in [5, 5.41) is 6.61. The Kier molecular flexibility index (Phi) is 3.32. The largest absolute Gasteiger partial charge is 0.399 e. The van der Waals surface area contributed by atoms with Gasteiger partial charge in [0.05, 0.1) is 5.52 Å². The fourth-order valence-electron chi connectivity index (χ4n) is 1.73. The van der Waals surface area contributed by atoms with E-state index in [-0.39, 0.29) is 11.9 Å². The summed E-state index contributed by atoms with van der Waals surface area (Å²) in [6, 6.07) is 8.98. The predicted octanol–water partition coefficient (Wildman–Crippen LogP) is 1.36. The summed E-state index contributed by atoms with van der Waals surface area (Å²) in [6.45, 7) is 1.79. The van der Waals surface area contributed by atoms with Crippen molar-refractivity contribution in [2.24, 2.45) is 0 Å². The van der Waals surface area contributed by atoms with Gasteiger partial charge < -0.3 is 16.4 Å². The minimum Gasteiger partial charge on any atom is -0.399 e. The van der Waals surface area contributed by atoms with E-state index in [0.29, 0.717) is 11.5 Å². The third kappa shape index (κ3) is 2.51. The zero-order valence-electron chi connectivity index (χ0n) is 10.4. The molecule has 0 radical (unpaired) electrons. The summed E-state index contributed by atoms with van der Waals surface area (Å²) in [6.07, 6.45) is 0. The van der Waals surface area contributed by atoms with Gasteiger partial charge in [-0.2, -0.15) is 0 Å². The van der Waals surface area contributed by atoms with E-state index < -0.39 is 0 Å². The van der Waals surface area contributed by atoms with E-state index in [1.54, 1.807) is 20.0 Å². The first-order valence-electron chi connectivity index (χ1n) is 5.74. The lowest BCUT2D eigenvalue weighted by atomic mass is 10.2. The first kappa shape index (κ1) is 12.2. The van der Waals surface area contributed by atoms with E-state index in [1.165, 1.54) is 0 Å². The minimum atomic E-state index is -0.325. The van der Waals surface area contributed by atoms with E-state index in [2.05, 4.69) is 15.6 Å². The number of benzene rings is 1. The Bertz CT molecular complexity index is 582. The maximum atomic E-state index is 11.4. The number of nitrogens with zero attached hydrogens (tertiary/aromatic N) is 1. The zero-order valence-corrected chi connectivity index (χ0v) is 10.4. The van der Waals surface area contributed by atoms with Crippen molar-refractivity contribution in [3.05, 3.63) is 30.3 Å². The maximum absolute atomic E-state index is 11.4. The molecule has 1 amide bonds. The van der Waals surface area contributed by atoms with Crippen LogP contribution in [0.3, 0.4) is 0 Å². The second-order valence-electron chi connectivity index (χ2n) is 4.13. The molecule has 1 aromatic carbocycles. The molecule has 5 heteroatoms. The number of nitrogens with two attached hydrogens (primary N) is 1. The van der Waals surface area contributed by atoms with Gasteiger partial charge in [-0.15, -0.1) is 0 Å². The molecule has 1 atom stereocenters. The number of nitrogens with one attached hydrogen (secondary N) is 2. The standard InChI is InChI=1S/C13H16N4O/c1-8(13(18)15-2)16-12-6-3-9-7-10(14)4-5-11(9)17-12/h3-8H,14H2,1-2H3,(H,15,18)(H,16,17). The molecule has 0 aliphatic carbocycles. The Morgan fingerprint density at radius 2 is 2.11 bits per heavy atom. The van der Waals surface area contributed by atoms with Gasteiger partial charge in [-0.1, -0.05) is 0 Å². The SMILES string of the molecule is CNC(=O)C(C)Nc1ccc2cc(N)ccc2n1. The van der Waals surface area contributed by atoms with Crippen molar-refractivity contribution in [3.8, 4) is 0 Å². The van der Waals surface area contributed by atoms with Crippen molar-refractivity contribution in [1.29, 1.82) is 0 Å². The van der Waals surface area contributed by atoms with Crippen molar-refractivity contribution < 1.29 is 4.79 Å². The molecule has 2 aromatic rings. The molecule has 5 nitrogen and oxygen atoms in total. The van der Waals surface area contributed by atoms with Gasteiger partial charge in [0.1, 0.15) is 11.9 Å². The number of anilines is 2. The van der Waals surface area contributed by atoms with E-state index in [4.69, 9.17) is 5.73 Å². The Morgan fingerprint density at radius 3 is 2.83 bits per heavy atom. The first-order valence-corrected chi connectivity index (χ1v) is 5.74. The van der Waals surface area contributed by atoms with Crippen molar-refractivity contribution in [1.82, 2.24) is 10.3 Å². The molecule has 4 N–H and O–H groups in total. The molecule has 1 heterocycles. The van der Waals surface area contributed by atoms with Crippen LogP contribution in [0.15, 0.2) is 30.3 Å². The predicted molar refractivity (Wildman–Crippen MR) is 73.3 cm³/mol. The summed E-state index contributed by atoms with van der Waals surface area (Å²) in [4.78, 5) is 15.8. The van der Waals surface area contributed by atoms with Gasteiger partial charge in [-0.05, 0) is 37.3 Å². The molecular formula is C13H16N4O. The number of fused-ring (bicyclic) bond motifs is 1. The van der Waals surface area contributed by atoms with Gasteiger partial charge in [0.15, 0.2) is 0 Å². The molecule has 0 aliphatic heterocycles. The van der Waals surface area contributed by atoms with E-state index >= 15 is 0 Å². The number of likely N-dealkylation sites (N-methyl/N-ethyl adjacent to an activating group) is 1. The van der Waals surface area contributed by atoms with E-state index in [0.717, 1.165) is 10.9 Å². The molecule has 1 aromatic heterocycles. The third-order valence-electron chi connectivity index (χ3n) is 2.72. The number of carbonyl (C=O) groups is 1.